The molecule has 0 aliphatic heterocycles. The molecule has 3 nitrogen and oxygen atoms in total. The Morgan fingerprint density at radius 3 is 2.65 bits per heavy atom. The third-order valence-electron chi connectivity index (χ3n) is 2.40. The predicted octanol–water partition coefficient (Wildman–Crippen LogP) is 3.20. The number of hydrogen-bond donors (Lipinski definition) is 2. The maximum atomic E-state index is 12.3. The van der Waals surface area contributed by atoms with Gasteiger partial charge in [-0.1, -0.05) is 6.07 Å². The van der Waals surface area contributed by atoms with E-state index in [2.05, 4.69) is 10.6 Å². The first-order chi connectivity index (χ1) is 9.31. The maximum absolute atomic E-state index is 12.3. The minimum absolute atomic E-state index is 0.223. The molecule has 0 unspecified atom stereocenters. The summed E-state index contributed by atoms with van der Waals surface area (Å²) in [6.45, 7) is 2.34. The Kier molecular flexibility index (Phi) is 6.35. The molecular formula is C13H17F3N2OS. The van der Waals surface area contributed by atoms with Gasteiger partial charge < -0.3 is 10.6 Å². The number of rotatable bonds is 6. The Morgan fingerprint density at radius 1 is 1.35 bits per heavy atom. The normalized spacial score (nSPS) is 11.4. The van der Waals surface area contributed by atoms with Crippen molar-refractivity contribution < 1.29 is 18.0 Å². The summed E-state index contributed by atoms with van der Waals surface area (Å²) in [7, 11) is 1.73. The van der Waals surface area contributed by atoms with Crippen LogP contribution in [-0.4, -0.2) is 31.4 Å². The van der Waals surface area contributed by atoms with Crippen LogP contribution in [0.15, 0.2) is 23.1 Å². The van der Waals surface area contributed by atoms with Gasteiger partial charge in [0.25, 0.3) is 0 Å². The maximum Gasteiger partial charge on any atom is 0.398 e. The number of carbonyl (C=O) groups excluding carboxylic acids is 1. The van der Waals surface area contributed by atoms with Crippen LogP contribution in [0.25, 0.3) is 0 Å². The van der Waals surface area contributed by atoms with Crippen LogP contribution in [0, 0.1) is 6.92 Å². The molecule has 0 fully saturated rings. The van der Waals surface area contributed by atoms with Gasteiger partial charge in [0.05, 0.1) is 11.4 Å². The van der Waals surface area contributed by atoms with Gasteiger partial charge in [-0.25, -0.2) is 0 Å². The van der Waals surface area contributed by atoms with Crippen molar-refractivity contribution in [3.63, 3.8) is 0 Å². The van der Waals surface area contributed by atoms with Crippen LogP contribution in [0.5, 0.6) is 0 Å². The molecule has 0 atom stereocenters. The van der Waals surface area contributed by atoms with Crippen LogP contribution in [0.4, 0.5) is 18.9 Å². The fraction of sp³-hybridized carbons (Fsp3) is 0.462. The van der Waals surface area contributed by atoms with Crippen LogP contribution in [-0.2, 0) is 4.79 Å². The zero-order chi connectivity index (χ0) is 15.2. The number of amides is 1. The fourth-order valence-electron chi connectivity index (χ4n) is 1.48. The molecule has 7 heteroatoms. The van der Waals surface area contributed by atoms with Crippen molar-refractivity contribution in [2.24, 2.45) is 0 Å². The number of alkyl halides is 3. The van der Waals surface area contributed by atoms with E-state index in [-0.39, 0.29) is 12.3 Å². The van der Waals surface area contributed by atoms with Crippen molar-refractivity contribution in [2.75, 3.05) is 24.7 Å². The van der Waals surface area contributed by atoms with Crippen LogP contribution >= 0.6 is 11.8 Å². The highest BCUT2D eigenvalue weighted by atomic mass is 32.2. The molecule has 1 amide bonds. The lowest BCUT2D eigenvalue weighted by atomic mass is 10.2. The number of halogens is 3. The molecule has 1 aromatic carbocycles. The molecule has 1 aromatic rings. The van der Waals surface area contributed by atoms with Crippen molar-refractivity contribution in [3.8, 4) is 0 Å². The van der Waals surface area contributed by atoms with E-state index in [1.807, 2.05) is 6.92 Å². The smallest absolute Gasteiger partial charge is 0.325 e. The SMILES string of the molecule is CNCCC(=O)Nc1cc(C)ccc1SCC(F)(F)F. The summed E-state index contributed by atoms with van der Waals surface area (Å²) in [4.78, 5) is 12.1. The first kappa shape index (κ1) is 16.8. The van der Waals surface area contributed by atoms with Crippen molar-refractivity contribution >= 4 is 23.4 Å². The van der Waals surface area contributed by atoms with Crippen LogP contribution in [0.1, 0.15) is 12.0 Å². The van der Waals surface area contributed by atoms with Gasteiger partial charge in [-0.2, -0.15) is 13.2 Å². The summed E-state index contributed by atoms with van der Waals surface area (Å²) in [5.74, 6) is -1.20. The highest BCUT2D eigenvalue weighted by molar-refractivity contribution is 7.99. The van der Waals surface area contributed by atoms with Gasteiger partial charge in [0.15, 0.2) is 0 Å². The van der Waals surface area contributed by atoms with E-state index >= 15 is 0 Å². The third-order valence-corrected chi connectivity index (χ3v) is 3.54. The molecule has 0 saturated carbocycles. The highest BCUT2D eigenvalue weighted by Crippen LogP contribution is 2.32. The average Bonchev–Trinajstić information content (AvgIpc) is 2.34. The number of thioether (sulfide) groups is 1. The molecule has 0 radical (unpaired) electrons. The van der Waals surface area contributed by atoms with Crippen molar-refractivity contribution in [2.45, 2.75) is 24.4 Å². The zero-order valence-electron chi connectivity index (χ0n) is 11.3. The number of anilines is 1. The van der Waals surface area contributed by atoms with E-state index in [9.17, 15) is 18.0 Å². The number of nitrogens with one attached hydrogen (secondary N) is 2. The van der Waals surface area contributed by atoms with Crippen LogP contribution in [0.3, 0.4) is 0 Å². The standard InChI is InChI=1S/C13H17F3N2OS/c1-9-3-4-11(20-8-13(14,15)16)10(7-9)18-12(19)5-6-17-2/h3-4,7,17H,5-6,8H2,1-2H3,(H,18,19). The highest BCUT2D eigenvalue weighted by Gasteiger charge is 2.27. The van der Waals surface area contributed by atoms with Gasteiger partial charge in [-0.15, -0.1) is 11.8 Å². The lowest BCUT2D eigenvalue weighted by molar-refractivity contribution is -0.116. The lowest BCUT2D eigenvalue weighted by Gasteiger charge is -2.13. The molecule has 0 heterocycles. The van der Waals surface area contributed by atoms with Crippen molar-refractivity contribution in [1.82, 2.24) is 5.32 Å². The lowest BCUT2D eigenvalue weighted by Crippen LogP contribution is -2.19. The quantitative estimate of drug-likeness (QED) is 0.793. The Morgan fingerprint density at radius 2 is 2.05 bits per heavy atom. The molecule has 20 heavy (non-hydrogen) atoms. The summed E-state index contributed by atoms with van der Waals surface area (Å²) in [5.41, 5.74) is 1.31. The number of carbonyl (C=O) groups is 1. The molecule has 0 aliphatic rings. The minimum Gasteiger partial charge on any atom is -0.325 e. The summed E-state index contributed by atoms with van der Waals surface area (Å²) in [6, 6.07) is 5.00. The fourth-order valence-corrected chi connectivity index (χ4v) is 2.23. The van der Waals surface area contributed by atoms with E-state index in [0.29, 0.717) is 28.9 Å². The second-order valence-corrected chi connectivity index (χ2v) is 5.32. The molecular weight excluding hydrogens is 289 g/mol. The van der Waals surface area contributed by atoms with Gasteiger partial charge in [-0.05, 0) is 31.7 Å². The Labute approximate surface area is 120 Å². The molecule has 2 N–H and O–H groups in total. The molecule has 112 valence electrons. The second kappa shape index (κ2) is 7.54. The third kappa shape index (κ3) is 6.29. The molecule has 0 aliphatic carbocycles. The molecule has 0 spiro atoms. The van der Waals surface area contributed by atoms with Crippen molar-refractivity contribution in [1.29, 1.82) is 0 Å². The zero-order valence-corrected chi connectivity index (χ0v) is 12.1. The van der Waals surface area contributed by atoms with Gasteiger partial charge in [0, 0.05) is 17.9 Å². The first-order valence-corrected chi connectivity index (χ1v) is 7.05. The van der Waals surface area contributed by atoms with Gasteiger partial charge in [0.1, 0.15) is 0 Å². The van der Waals surface area contributed by atoms with Gasteiger partial charge in [0.2, 0.25) is 5.91 Å². The predicted molar refractivity (Wildman–Crippen MR) is 75.1 cm³/mol. The summed E-state index contributed by atoms with van der Waals surface area (Å²) >= 11 is 0.673. The average molecular weight is 306 g/mol. The minimum atomic E-state index is -4.23. The van der Waals surface area contributed by atoms with Crippen LogP contribution in [0.2, 0.25) is 0 Å². The van der Waals surface area contributed by atoms with Crippen molar-refractivity contribution in [3.05, 3.63) is 23.8 Å². The molecule has 1 rings (SSSR count). The number of benzene rings is 1. The topological polar surface area (TPSA) is 41.1 Å². The van der Waals surface area contributed by atoms with E-state index in [1.54, 1.807) is 25.2 Å². The van der Waals surface area contributed by atoms with Crippen LogP contribution < -0.4 is 10.6 Å². The van der Waals surface area contributed by atoms with E-state index in [1.165, 1.54) is 0 Å². The summed E-state index contributed by atoms with van der Waals surface area (Å²) in [6.07, 6.45) is -3.96. The van der Waals surface area contributed by atoms with E-state index in [0.717, 1.165) is 5.56 Å². The monoisotopic (exact) mass is 306 g/mol. The summed E-state index contributed by atoms with van der Waals surface area (Å²) < 4.78 is 36.8. The van der Waals surface area contributed by atoms with E-state index < -0.39 is 11.9 Å². The summed E-state index contributed by atoms with van der Waals surface area (Å²) in [5, 5.41) is 5.50. The Bertz CT molecular complexity index is 463. The molecule has 0 saturated heterocycles. The number of aryl methyl sites for hydroxylation is 1. The first-order valence-electron chi connectivity index (χ1n) is 6.06. The largest absolute Gasteiger partial charge is 0.398 e. The second-order valence-electron chi connectivity index (χ2n) is 4.31. The van der Waals surface area contributed by atoms with E-state index in [4.69, 9.17) is 0 Å². The Hall–Kier alpha value is -1.21. The number of hydrogen-bond acceptors (Lipinski definition) is 3. The molecule has 0 bridgehead atoms. The molecule has 0 aromatic heterocycles. The van der Waals surface area contributed by atoms with Gasteiger partial charge in [-0.3, -0.25) is 4.79 Å². The Balaban J connectivity index is 2.77. The van der Waals surface area contributed by atoms with Gasteiger partial charge >= 0.3 is 6.18 Å².